The third kappa shape index (κ3) is 5.57. The molecule has 0 radical (unpaired) electrons. The SMILES string of the molecule is CCOc1ccc(C(=O)NCC(=O)OCC(=O)Nc2c(C)nn(C)c2C)cc1. The van der Waals surface area contributed by atoms with Crippen molar-refractivity contribution in [2.24, 2.45) is 7.05 Å². The molecule has 0 atom stereocenters. The number of benzene rings is 1. The Balaban J connectivity index is 1.76. The summed E-state index contributed by atoms with van der Waals surface area (Å²) in [4.78, 5) is 35.7. The van der Waals surface area contributed by atoms with Gasteiger partial charge in [0.2, 0.25) is 0 Å². The average Bonchev–Trinajstić information content (AvgIpc) is 2.91. The van der Waals surface area contributed by atoms with E-state index >= 15 is 0 Å². The lowest BCUT2D eigenvalue weighted by molar-refractivity contribution is -0.146. The Morgan fingerprint density at radius 3 is 2.39 bits per heavy atom. The van der Waals surface area contributed by atoms with Gasteiger partial charge in [0.15, 0.2) is 6.61 Å². The minimum atomic E-state index is -0.714. The number of carbonyl (C=O) groups is 3. The number of esters is 1. The fraction of sp³-hybridized carbons (Fsp3) is 0.368. The first-order chi connectivity index (χ1) is 13.3. The maximum Gasteiger partial charge on any atom is 0.325 e. The van der Waals surface area contributed by atoms with Gasteiger partial charge in [0.25, 0.3) is 11.8 Å². The summed E-state index contributed by atoms with van der Waals surface area (Å²) in [5.74, 6) is -0.964. The molecule has 2 aromatic rings. The fourth-order valence-electron chi connectivity index (χ4n) is 2.45. The van der Waals surface area contributed by atoms with E-state index in [0.717, 1.165) is 5.69 Å². The summed E-state index contributed by atoms with van der Waals surface area (Å²) in [5, 5.41) is 9.30. The molecular weight excluding hydrogens is 364 g/mol. The van der Waals surface area contributed by atoms with Crippen molar-refractivity contribution in [3.05, 3.63) is 41.2 Å². The summed E-state index contributed by atoms with van der Waals surface area (Å²) in [7, 11) is 1.77. The average molecular weight is 388 g/mol. The minimum absolute atomic E-state index is 0.343. The molecule has 2 amide bonds. The van der Waals surface area contributed by atoms with Crippen LogP contribution in [-0.2, 0) is 21.4 Å². The van der Waals surface area contributed by atoms with Crippen LogP contribution in [-0.4, -0.2) is 47.3 Å². The van der Waals surface area contributed by atoms with Crippen LogP contribution in [0.15, 0.2) is 24.3 Å². The molecule has 2 rings (SSSR count). The van der Waals surface area contributed by atoms with Gasteiger partial charge >= 0.3 is 5.97 Å². The Labute approximate surface area is 163 Å². The summed E-state index contributed by atoms with van der Waals surface area (Å²) in [5.41, 5.74) is 2.44. The number of nitrogens with zero attached hydrogens (tertiary/aromatic N) is 2. The monoisotopic (exact) mass is 388 g/mol. The Morgan fingerprint density at radius 2 is 1.82 bits per heavy atom. The highest BCUT2D eigenvalue weighted by molar-refractivity contribution is 5.97. The molecule has 0 fully saturated rings. The molecule has 1 aromatic heterocycles. The number of amides is 2. The van der Waals surface area contributed by atoms with Crippen LogP contribution in [0, 0.1) is 13.8 Å². The predicted molar refractivity (Wildman–Crippen MR) is 102 cm³/mol. The summed E-state index contributed by atoms with van der Waals surface area (Å²) in [6, 6.07) is 6.53. The van der Waals surface area contributed by atoms with Gasteiger partial charge in [-0.3, -0.25) is 19.1 Å². The zero-order chi connectivity index (χ0) is 20.7. The van der Waals surface area contributed by atoms with Crippen LogP contribution in [0.3, 0.4) is 0 Å². The molecule has 28 heavy (non-hydrogen) atoms. The Kier molecular flexibility index (Phi) is 7.14. The van der Waals surface area contributed by atoms with Crippen LogP contribution in [0.4, 0.5) is 5.69 Å². The van der Waals surface area contributed by atoms with E-state index in [1.165, 1.54) is 0 Å². The molecule has 0 unspecified atom stereocenters. The number of aryl methyl sites for hydroxylation is 2. The highest BCUT2D eigenvalue weighted by atomic mass is 16.5. The summed E-state index contributed by atoms with van der Waals surface area (Å²) >= 11 is 0. The third-order valence-electron chi connectivity index (χ3n) is 3.96. The fourth-order valence-corrected chi connectivity index (χ4v) is 2.45. The lowest BCUT2D eigenvalue weighted by atomic mass is 10.2. The first-order valence-electron chi connectivity index (χ1n) is 8.78. The molecule has 0 saturated heterocycles. The van der Waals surface area contributed by atoms with Crippen LogP contribution in [0.25, 0.3) is 0 Å². The first-order valence-corrected chi connectivity index (χ1v) is 8.78. The van der Waals surface area contributed by atoms with Crippen LogP contribution in [0.5, 0.6) is 5.75 Å². The third-order valence-corrected chi connectivity index (χ3v) is 3.96. The normalized spacial score (nSPS) is 10.3. The second-order valence-electron chi connectivity index (χ2n) is 6.02. The van der Waals surface area contributed by atoms with Crippen molar-refractivity contribution in [2.45, 2.75) is 20.8 Å². The van der Waals surface area contributed by atoms with E-state index in [1.54, 1.807) is 42.9 Å². The quantitative estimate of drug-likeness (QED) is 0.660. The van der Waals surface area contributed by atoms with Gasteiger partial charge in [-0.2, -0.15) is 5.10 Å². The Hall–Kier alpha value is -3.36. The summed E-state index contributed by atoms with van der Waals surface area (Å²) in [6.45, 7) is 5.19. The number of ether oxygens (including phenoxy) is 2. The van der Waals surface area contributed by atoms with Crippen LogP contribution in [0.1, 0.15) is 28.7 Å². The lowest BCUT2D eigenvalue weighted by Gasteiger charge is -2.08. The molecular formula is C19H24N4O5. The number of aromatic nitrogens is 2. The second kappa shape index (κ2) is 9.54. The predicted octanol–water partition coefficient (Wildman–Crippen LogP) is 1.35. The molecule has 150 valence electrons. The molecule has 0 aliphatic carbocycles. The van der Waals surface area contributed by atoms with Crippen LogP contribution in [0.2, 0.25) is 0 Å². The van der Waals surface area contributed by atoms with Gasteiger partial charge in [-0.1, -0.05) is 0 Å². The number of nitrogens with one attached hydrogen (secondary N) is 2. The van der Waals surface area contributed by atoms with Gasteiger partial charge < -0.3 is 20.1 Å². The van der Waals surface area contributed by atoms with E-state index in [-0.39, 0.29) is 6.54 Å². The standard InChI is InChI=1S/C19H24N4O5/c1-5-27-15-8-6-14(7-9-15)19(26)20-10-17(25)28-11-16(24)21-18-12(2)22-23(4)13(18)3/h6-9H,5,10-11H2,1-4H3,(H,20,26)(H,21,24). The summed E-state index contributed by atoms with van der Waals surface area (Å²) in [6.07, 6.45) is 0. The molecule has 9 nitrogen and oxygen atoms in total. The van der Waals surface area contributed by atoms with Crippen molar-refractivity contribution in [1.29, 1.82) is 0 Å². The maximum absolute atomic E-state index is 12.0. The van der Waals surface area contributed by atoms with E-state index in [9.17, 15) is 14.4 Å². The van der Waals surface area contributed by atoms with Crippen LogP contribution < -0.4 is 15.4 Å². The molecule has 1 aromatic carbocycles. The number of hydrogen-bond acceptors (Lipinski definition) is 6. The molecule has 9 heteroatoms. The minimum Gasteiger partial charge on any atom is -0.494 e. The number of carbonyl (C=O) groups excluding carboxylic acids is 3. The zero-order valence-electron chi connectivity index (χ0n) is 16.4. The number of rotatable bonds is 8. The van der Waals surface area contributed by atoms with Gasteiger partial charge in [0.1, 0.15) is 12.3 Å². The van der Waals surface area contributed by atoms with Gasteiger partial charge in [-0.15, -0.1) is 0 Å². The second-order valence-corrected chi connectivity index (χ2v) is 6.02. The van der Waals surface area contributed by atoms with E-state index in [4.69, 9.17) is 9.47 Å². The van der Waals surface area contributed by atoms with E-state index in [2.05, 4.69) is 15.7 Å². The maximum atomic E-state index is 12.0. The Morgan fingerprint density at radius 1 is 1.14 bits per heavy atom. The van der Waals surface area contributed by atoms with Gasteiger partial charge in [0, 0.05) is 12.6 Å². The molecule has 2 N–H and O–H groups in total. The van der Waals surface area contributed by atoms with Crippen molar-refractivity contribution in [3.8, 4) is 5.75 Å². The summed E-state index contributed by atoms with van der Waals surface area (Å²) < 4.78 is 11.8. The molecule has 0 bridgehead atoms. The zero-order valence-corrected chi connectivity index (χ0v) is 16.4. The van der Waals surface area contributed by atoms with Crippen molar-refractivity contribution in [2.75, 3.05) is 25.1 Å². The van der Waals surface area contributed by atoms with Crippen molar-refractivity contribution in [3.63, 3.8) is 0 Å². The van der Waals surface area contributed by atoms with Gasteiger partial charge in [-0.25, -0.2) is 0 Å². The molecule has 1 heterocycles. The lowest BCUT2D eigenvalue weighted by Crippen LogP contribution is -2.32. The molecule has 0 saturated carbocycles. The van der Waals surface area contributed by atoms with Crippen LogP contribution >= 0.6 is 0 Å². The van der Waals surface area contributed by atoms with Crippen molar-refractivity contribution < 1.29 is 23.9 Å². The molecule has 0 spiro atoms. The van der Waals surface area contributed by atoms with E-state index in [0.29, 0.717) is 29.3 Å². The van der Waals surface area contributed by atoms with Gasteiger partial charge in [-0.05, 0) is 45.0 Å². The smallest absolute Gasteiger partial charge is 0.325 e. The number of anilines is 1. The largest absolute Gasteiger partial charge is 0.494 e. The van der Waals surface area contributed by atoms with Crippen molar-refractivity contribution in [1.82, 2.24) is 15.1 Å². The molecule has 0 aliphatic rings. The van der Waals surface area contributed by atoms with E-state index < -0.39 is 24.4 Å². The number of hydrogen-bond donors (Lipinski definition) is 2. The van der Waals surface area contributed by atoms with Crippen molar-refractivity contribution >= 4 is 23.5 Å². The van der Waals surface area contributed by atoms with Gasteiger partial charge in [0.05, 0.1) is 23.7 Å². The highest BCUT2D eigenvalue weighted by Crippen LogP contribution is 2.18. The first kappa shape index (κ1) is 20.9. The molecule has 0 aliphatic heterocycles. The Bertz CT molecular complexity index is 858. The van der Waals surface area contributed by atoms with E-state index in [1.807, 2.05) is 13.8 Å². The topological polar surface area (TPSA) is 112 Å². The highest BCUT2D eigenvalue weighted by Gasteiger charge is 2.15.